The fourth-order valence-electron chi connectivity index (χ4n) is 1.39. The summed E-state index contributed by atoms with van der Waals surface area (Å²) in [5.41, 5.74) is 0. The first-order chi connectivity index (χ1) is 6.76. The molecule has 1 nitrogen and oxygen atoms in total. The van der Waals surface area contributed by atoms with Gasteiger partial charge in [0.05, 0.1) is 16.6 Å². The van der Waals surface area contributed by atoms with Crippen LogP contribution in [0.3, 0.4) is 0 Å². The van der Waals surface area contributed by atoms with Crippen molar-refractivity contribution < 1.29 is 4.74 Å². The van der Waals surface area contributed by atoms with Gasteiger partial charge in [-0.1, -0.05) is 0 Å². The van der Waals surface area contributed by atoms with Crippen molar-refractivity contribution in [3.05, 3.63) is 26.6 Å². The van der Waals surface area contributed by atoms with Crippen LogP contribution >= 0.6 is 45.5 Å². The predicted molar refractivity (Wildman–Crippen MR) is 70.7 cm³/mol. The Morgan fingerprint density at radius 3 is 2.93 bits per heavy atom. The highest BCUT2D eigenvalue weighted by Gasteiger charge is 2.09. The van der Waals surface area contributed by atoms with Crippen molar-refractivity contribution in [3.8, 4) is 5.75 Å². The maximum absolute atomic E-state index is 5.80. The largest absolute Gasteiger partial charge is 0.495 e. The Morgan fingerprint density at radius 2 is 2.29 bits per heavy atom. The van der Waals surface area contributed by atoms with Gasteiger partial charge in [-0.15, -0.1) is 22.9 Å². The number of ether oxygens (including phenoxy) is 1. The number of thiophene rings is 1. The van der Waals surface area contributed by atoms with Crippen LogP contribution < -0.4 is 4.74 Å². The topological polar surface area (TPSA) is 9.23 Å². The molecule has 2 rings (SSSR count). The van der Waals surface area contributed by atoms with Crippen molar-refractivity contribution in [2.24, 2.45) is 0 Å². The molecule has 4 heteroatoms. The van der Waals surface area contributed by atoms with Gasteiger partial charge in [-0.05, 0) is 40.8 Å². The minimum absolute atomic E-state index is 0.569. The van der Waals surface area contributed by atoms with E-state index in [0.717, 1.165) is 9.32 Å². The smallest absolute Gasteiger partial charge is 0.140 e. The summed E-state index contributed by atoms with van der Waals surface area (Å²) in [6.45, 7) is 0. The molecule has 1 aromatic carbocycles. The molecule has 0 aliphatic carbocycles. The van der Waals surface area contributed by atoms with Gasteiger partial charge in [0.15, 0.2) is 0 Å². The number of alkyl halides is 1. The lowest BCUT2D eigenvalue weighted by Gasteiger charge is -2.03. The third kappa shape index (κ3) is 1.73. The van der Waals surface area contributed by atoms with Gasteiger partial charge < -0.3 is 4.74 Å². The molecule has 0 saturated carbocycles. The number of hydrogen-bond acceptors (Lipinski definition) is 2. The maximum atomic E-state index is 5.80. The predicted octanol–water partition coefficient (Wildman–Crippen LogP) is 4.25. The van der Waals surface area contributed by atoms with Crippen molar-refractivity contribution in [2.45, 2.75) is 5.88 Å². The van der Waals surface area contributed by atoms with Crippen LogP contribution in [0.1, 0.15) is 4.88 Å². The van der Waals surface area contributed by atoms with Gasteiger partial charge >= 0.3 is 0 Å². The van der Waals surface area contributed by atoms with Crippen LogP contribution in [0.25, 0.3) is 10.1 Å². The van der Waals surface area contributed by atoms with Crippen LogP contribution in [-0.2, 0) is 5.88 Å². The summed E-state index contributed by atoms with van der Waals surface area (Å²) < 4.78 is 7.74. The molecule has 0 spiro atoms. The molecule has 0 N–H and O–H groups in total. The summed E-state index contributed by atoms with van der Waals surface area (Å²) in [6.07, 6.45) is 0. The summed E-state index contributed by atoms with van der Waals surface area (Å²) in [5.74, 6) is 1.52. The first-order valence-corrected chi connectivity index (χ1v) is 6.50. The monoisotopic (exact) mass is 338 g/mol. The molecule has 14 heavy (non-hydrogen) atoms. The standard InChI is InChI=1S/C10H8ClIOS/c1-13-10-7-4-6(5-11)14-9(7)3-2-8(10)12/h2-4H,5H2,1H3. The second-order valence-electron chi connectivity index (χ2n) is 2.84. The molecule has 0 unspecified atom stereocenters. The Morgan fingerprint density at radius 1 is 1.50 bits per heavy atom. The van der Waals surface area contributed by atoms with E-state index in [9.17, 15) is 0 Å². The lowest BCUT2D eigenvalue weighted by Crippen LogP contribution is -1.86. The SMILES string of the molecule is COc1c(I)ccc2sc(CCl)cc12. The average Bonchev–Trinajstić information content (AvgIpc) is 2.60. The molecule has 0 atom stereocenters. The molecule has 1 aromatic heterocycles. The number of benzene rings is 1. The fourth-order valence-corrected chi connectivity index (χ4v) is 3.23. The Labute approximate surface area is 105 Å². The van der Waals surface area contributed by atoms with Crippen LogP contribution in [0.15, 0.2) is 18.2 Å². The number of rotatable bonds is 2. The Kier molecular flexibility index (Phi) is 3.19. The molecule has 2 aromatic rings. The molecule has 0 fully saturated rings. The molecule has 0 bridgehead atoms. The van der Waals surface area contributed by atoms with Gasteiger partial charge in [0.25, 0.3) is 0 Å². The molecule has 1 heterocycles. The molecule has 0 amide bonds. The van der Waals surface area contributed by atoms with Crippen LogP contribution in [0, 0.1) is 3.57 Å². The summed E-state index contributed by atoms with van der Waals surface area (Å²) in [5, 5.41) is 1.17. The molecule has 0 aliphatic heterocycles. The zero-order valence-corrected chi connectivity index (χ0v) is 11.2. The van der Waals surface area contributed by atoms with Crippen LogP contribution in [0.4, 0.5) is 0 Å². The Bertz CT molecular complexity index is 466. The first kappa shape index (κ1) is 10.5. The number of methoxy groups -OCH3 is 1. The van der Waals surface area contributed by atoms with E-state index in [1.807, 2.05) is 0 Å². The average molecular weight is 339 g/mol. The Balaban J connectivity index is 2.73. The van der Waals surface area contributed by atoms with Crippen LogP contribution in [0.5, 0.6) is 5.75 Å². The van der Waals surface area contributed by atoms with E-state index in [1.165, 1.54) is 15.0 Å². The minimum atomic E-state index is 0.569. The summed E-state index contributed by atoms with van der Waals surface area (Å²) in [4.78, 5) is 1.18. The molecular weight excluding hydrogens is 331 g/mol. The van der Waals surface area contributed by atoms with Gasteiger partial charge in [-0.2, -0.15) is 0 Å². The fraction of sp³-hybridized carbons (Fsp3) is 0.200. The van der Waals surface area contributed by atoms with Crippen molar-refractivity contribution in [1.29, 1.82) is 0 Å². The van der Waals surface area contributed by atoms with E-state index in [2.05, 4.69) is 40.8 Å². The summed E-state index contributed by atoms with van der Waals surface area (Å²) in [6, 6.07) is 6.28. The van der Waals surface area contributed by atoms with Gasteiger partial charge in [-0.3, -0.25) is 0 Å². The molecule has 0 aliphatic rings. The highest BCUT2D eigenvalue weighted by Crippen LogP contribution is 2.36. The van der Waals surface area contributed by atoms with E-state index in [-0.39, 0.29) is 0 Å². The zero-order chi connectivity index (χ0) is 10.1. The van der Waals surface area contributed by atoms with Crippen molar-refractivity contribution in [1.82, 2.24) is 0 Å². The lowest BCUT2D eigenvalue weighted by atomic mass is 10.2. The first-order valence-electron chi connectivity index (χ1n) is 4.07. The highest BCUT2D eigenvalue weighted by atomic mass is 127. The van der Waals surface area contributed by atoms with E-state index in [1.54, 1.807) is 18.4 Å². The maximum Gasteiger partial charge on any atom is 0.140 e. The number of halogens is 2. The molecule has 74 valence electrons. The third-order valence-corrected chi connectivity index (χ3v) is 4.39. The van der Waals surface area contributed by atoms with Gasteiger partial charge in [-0.25, -0.2) is 0 Å². The van der Waals surface area contributed by atoms with Gasteiger partial charge in [0.1, 0.15) is 5.75 Å². The second kappa shape index (κ2) is 4.24. The van der Waals surface area contributed by atoms with Crippen molar-refractivity contribution in [2.75, 3.05) is 7.11 Å². The van der Waals surface area contributed by atoms with E-state index in [4.69, 9.17) is 16.3 Å². The van der Waals surface area contributed by atoms with Crippen molar-refractivity contribution >= 4 is 55.6 Å². The lowest BCUT2D eigenvalue weighted by molar-refractivity contribution is 0.417. The van der Waals surface area contributed by atoms with E-state index < -0.39 is 0 Å². The zero-order valence-electron chi connectivity index (χ0n) is 7.51. The third-order valence-electron chi connectivity index (χ3n) is 1.99. The molecular formula is C10H8ClIOS. The summed E-state index contributed by atoms with van der Waals surface area (Å²) >= 11 is 9.80. The summed E-state index contributed by atoms with van der Waals surface area (Å²) in [7, 11) is 1.70. The van der Waals surface area contributed by atoms with E-state index >= 15 is 0 Å². The second-order valence-corrected chi connectivity index (χ2v) is 5.44. The molecule has 0 saturated heterocycles. The van der Waals surface area contributed by atoms with Gasteiger partial charge in [0.2, 0.25) is 0 Å². The highest BCUT2D eigenvalue weighted by molar-refractivity contribution is 14.1. The molecule has 0 radical (unpaired) electrons. The van der Waals surface area contributed by atoms with Crippen LogP contribution in [0.2, 0.25) is 0 Å². The number of hydrogen-bond donors (Lipinski definition) is 0. The quantitative estimate of drug-likeness (QED) is 0.587. The normalized spacial score (nSPS) is 10.8. The van der Waals surface area contributed by atoms with Gasteiger partial charge in [0, 0.05) is 15.0 Å². The van der Waals surface area contributed by atoms with Crippen LogP contribution in [-0.4, -0.2) is 7.11 Å². The minimum Gasteiger partial charge on any atom is -0.495 e. The van der Waals surface area contributed by atoms with Crippen molar-refractivity contribution in [3.63, 3.8) is 0 Å². The Hall–Kier alpha value is -0.000000000000000111. The number of fused-ring (bicyclic) bond motifs is 1. The van der Waals surface area contributed by atoms with E-state index in [0.29, 0.717) is 5.88 Å².